The van der Waals surface area contributed by atoms with Crippen LogP contribution in [0.15, 0.2) is 30.3 Å². The summed E-state index contributed by atoms with van der Waals surface area (Å²) < 4.78 is 0. The highest BCUT2D eigenvalue weighted by molar-refractivity contribution is 8.14. The van der Waals surface area contributed by atoms with E-state index in [1.54, 1.807) is 11.8 Å². The smallest absolute Gasteiger partial charge is 0.156 e. The number of nitrogens with one attached hydrogen (secondary N) is 1. The molecule has 14 heavy (non-hydrogen) atoms. The topological polar surface area (TPSA) is 27.1 Å². The van der Waals surface area contributed by atoms with Crippen LogP contribution in [-0.4, -0.2) is 28.9 Å². The number of hydrogen-bond donors (Lipinski definition) is 1. The third-order valence-electron chi connectivity index (χ3n) is 2.40. The lowest BCUT2D eigenvalue weighted by Crippen LogP contribution is -2.26. The van der Waals surface area contributed by atoms with Crippen molar-refractivity contribution in [1.29, 1.82) is 5.41 Å². The molecule has 0 unspecified atom stereocenters. The van der Waals surface area contributed by atoms with E-state index in [4.69, 9.17) is 5.41 Å². The van der Waals surface area contributed by atoms with E-state index in [0.29, 0.717) is 0 Å². The van der Waals surface area contributed by atoms with Crippen LogP contribution in [0.1, 0.15) is 5.56 Å². The molecule has 1 aliphatic heterocycles. The lowest BCUT2D eigenvalue weighted by atomic mass is 10.1. The molecule has 1 aromatic rings. The summed E-state index contributed by atoms with van der Waals surface area (Å²) in [4.78, 5) is 2.15. The minimum absolute atomic E-state index is 0.737. The maximum absolute atomic E-state index is 7.66. The molecule has 0 radical (unpaired) electrons. The molecular formula is C11H14N2S. The molecular weight excluding hydrogens is 192 g/mol. The Balaban J connectivity index is 1.85. The van der Waals surface area contributed by atoms with Crippen molar-refractivity contribution in [2.75, 3.05) is 18.8 Å². The van der Waals surface area contributed by atoms with Crippen LogP contribution in [0, 0.1) is 5.41 Å². The molecule has 74 valence electrons. The van der Waals surface area contributed by atoms with Crippen molar-refractivity contribution < 1.29 is 0 Å². The minimum atomic E-state index is 0.737. The fourth-order valence-corrected chi connectivity index (χ4v) is 2.44. The molecule has 0 saturated carbocycles. The summed E-state index contributed by atoms with van der Waals surface area (Å²) >= 11 is 1.65. The van der Waals surface area contributed by atoms with Crippen molar-refractivity contribution >= 4 is 16.9 Å². The normalized spacial score (nSPS) is 16.3. The highest BCUT2D eigenvalue weighted by Gasteiger charge is 2.16. The van der Waals surface area contributed by atoms with Crippen LogP contribution in [0.5, 0.6) is 0 Å². The van der Waals surface area contributed by atoms with Gasteiger partial charge in [0, 0.05) is 18.8 Å². The van der Waals surface area contributed by atoms with Crippen molar-refractivity contribution in [1.82, 2.24) is 4.90 Å². The third-order valence-corrected chi connectivity index (χ3v) is 3.32. The lowest BCUT2D eigenvalue weighted by molar-refractivity contribution is 0.464. The van der Waals surface area contributed by atoms with E-state index in [-0.39, 0.29) is 0 Å². The molecule has 0 spiro atoms. The monoisotopic (exact) mass is 206 g/mol. The van der Waals surface area contributed by atoms with Gasteiger partial charge in [-0.3, -0.25) is 5.41 Å². The second-order valence-electron chi connectivity index (χ2n) is 3.38. The van der Waals surface area contributed by atoms with Gasteiger partial charge in [-0.05, 0) is 12.0 Å². The average Bonchev–Trinajstić information content (AvgIpc) is 2.63. The van der Waals surface area contributed by atoms with Crippen molar-refractivity contribution in [3.63, 3.8) is 0 Å². The number of hydrogen-bond acceptors (Lipinski definition) is 2. The molecule has 1 saturated heterocycles. The summed E-state index contributed by atoms with van der Waals surface area (Å²) in [7, 11) is 0. The second-order valence-corrected chi connectivity index (χ2v) is 4.46. The number of amidine groups is 1. The lowest BCUT2D eigenvalue weighted by Gasteiger charge is -2.16. The van der Waals surface area contributed by atoms with Gasteiger partial charge in [0.05, 0.1) is 0 Å². The summed E-state index contributed by atoms with van der Waals surface area (Å²) in [5, 5.41) is 8.40. The first-order valence-corrected chi connectivity index (χ1v) is 5.85. The van der Waals surface area contributed by atoms with Crippen LogP contribution in [0.4, 0.5) is 0 Å². The zero-order valence-corrected chi connectivity index (χ0v) is 8.89. The quantitative estimate of drug-likeness (QED) is 0.821. The Labute approximate surface area is 88.8 Å². The minimum Gasteiger partial charge on any atom is -0.350 e. The zero-order chi connectivity index (χ0) is 9.80. The van der Waals surface area contributed by atoms with E-state index in [0.717, 1.165) is 30.4 Å². The van der Waals surface area contributed by atoms with Crippen LogP contribution < -0.4 is 0 Å². The Hall–Kier alpha value is -0.960. The third kappa shape index (κ3) is 2.29. The zero-order valence-electron chi connectivity index (χ0n) is 8.07. The molecule has 1 fully saturated rings. The molecule has 1 N–H and O–H groups in total. The number of benzene rings is 1. The molecule has 0 atom stereocenters. The highest BCUT2D eigenvalue weighted by Crippen LogP contribution is 2.16. The predicted octanol–water partition coefficient (Wildman–Crippen LogP) is 2.21. The first-order chi connectivity index (χ1) is 6.86. The molecule has 2 rings (SSSR count). The van der Waals surface area contributed by atoms with Crippen LogP contribution in [0.25, 0.3) is 0 Å². The molecule has 0 amide bonds. The summed E-state index contributed by atoms with van der Waals surface area (Å²) in [5.41, 5.74) is 1.36. The predicted molar refractivity (Wildman–Crippen MR) is 61.9 cm³/mol. The van der Waals surface area contributed by atoms with Gasteiger partial charge in [0.1, 0.15) is 0 Å². The van der Waals surface area contributed by atoms with E-state index >= 15 is 0 Å². The Bertz CT molecular complexity index is 310. The van der Waals surface area contributed by atoms with E-state index in [1.807, 2.05) is 6.07 Å². The number of nitrogens with zero attached hydrogens (tertiary/aromatic N) is 1. The van der Waals surface area contributed by atoms with E-state index < -0.39 is 0 Å². The largest absolute Gasteiger partial charge is 0.350 e. The van der Waals surface area contributed by atoms with Crippen molar-refractivity contribution in [2.45, 2.75) is 6.42 Å². The van der Waals surface area contributed by atoms with Gasteiger partial charge < -0.3 is 4.90 Å². The molecule has 2 nitrogen and oxygen atoms in total. The molecule has 3 heteroatoms. The summed E-state index contributed by atoms with van der Waals surface area (Å²) in [6, 6.07) is 10.5. The van der Waals surface area contributed by atoms with Gasteiger partial charge in [-0.25, -0.2) is 0 Å². The Morgan fingerprint density at radius 2 is 2.07 bits per heavy atom. The highest BCUT2D eigenvalue weighted by atomic mass is 32.2. The van der Waals surface area contributed by atoms with Gasteiger partial charge in [-0.15, -0.1) is 0 Å². The van der Waals surface area contributed by atoms with Gasteiger partial charge in [-0.1, -0.05) is 42.1 Å². The van der Waals surface area contributed by atoms with Crippen molar-refractivity contribution in [2.24, 2.45) is 0 Å². The van der Waals surface area contributed by atoms with Gasteiger partial charge in [-0.2, -0.15) is 0 Å². The molecule has 1 aromatic carbocycles. The van der Waals surface area contributed by atoms with E-state index in [9.17, 15) is 0 Å². The average molecular weight is 206 g/mol. The summed E-state index contributed by atoms with van der Waals surface area (Å²) in [6.07, 6.45) is 1.05. The van der Waals surface area contributed by atoms with Gasteiger partial charge in [0.25, 0.3) is 0 Å². The fraction of sp³-hybridized carbons (Fsp3) is 0.364. The maximum atomic E-state index is 7.66. The summed E-state index contributed by atoms with van der Waals surface area (Å²) in [5.74, 6) is 1.08. The number of thioether (sulfide) groups is 1. The first kappa shape index (κ1) is 9.59. The summed E-state index contributed by atoms with van der Waals surface area (Å²) in [6.45, 7) is 2.02. The fourth-order valence-electron chi connectivity index (χ4n) is 1.57. The van der Waals surface area contributed by atoms with Crippen LogP contribution >= 0.6 is 11.8 Å². The standard InChI is InChI=1S/C11H14N2S/c12-11-13(8-9-14-11)7-6-10-4-2-1-3-5-10/h1-5,12H,6-9H2. The maximum Gasteiger partial charge on any atom is 0.156 e. The molecule has 1 heterocycles. The Morgan fingerprint density at radius 1 is 1.29 bits per heavy atom. The van der Waals surface area contributed by atoms with Crippen LogP contribution in [-0.2, 0) is 6.42 Å². The molecule has 0 bridgehead atoms. The van der Waals surface area contributed by atoms with Crippen molar-refractivity contribution in [3.8, 4) is 0 Å². The van der Waals surface area contributed by atoms with Crippen LogP contribution in [0.3, 0.4) is 0 Å². The Kier molecular flexibility index (Phi) is 3.09. The van der Waals surface area contributed by atoms with Crippen LogP contribution in [0.2, 0.25) is 0 Å². The van der Waals surface area contributed by atoms with Gasteiger partial charge in [0.2, 0.25) is 0 Å². The first-order valence-electron chi connectivity index (χ1n) is 4.86. The second kappa shape index (κ2) is 4.51. The van der Waals surface area contributed by atoms with Gasteiger partial charge >= 0.3 is 0 Å². The Morgan fingerprint density at radius 3 is 2.71 bits per heavy atom. The molecule has 1 aliphatic rings. The van der Waals surface area contributed by atoms with E-state index in [1.165, 1.54) is 5.56 Å². The number of rotatable bonds is 3. The van der Waals surface area contributed by atoms with Gasteiger partial charge in [0.15, 0.2) is 5.17 Å². The van der Waals surface area contributed by atoms with E-state index in [2.05, 4.69) is 29.2 Å². The van der Waals surface area contributed by atoms with Crippen molar-refractivity contribution in [3.05, 3.63) is 35.9 Å². The molecule has 0 aromatic heterocycles. The SMILES string of the molecule is N=C1SCCN1CCc1ccccc1. The molecule has 0 aliphatic carbocycles.